The molecule has 0 saturated carbocycles. The van der Waals surface area contributed by atoms with Crippen LogP contribution in [0.2, 0.25) is 0 Å². The van der Waals surface area contributed by atoms with Crippen LogP contribution >= 0.6 is 0 Å². The number of rotatable bonds is 17. The Kier molecular flexibility index (Phi) is 12.1. The first-order valence-electron chi connectivity index (χ1n) is 13.3. The highest BCUT2D eigenvalue weighted by atomic mass is 16.3. The lowest BCUT2D eigenvalue weighted by molar-refractivity contribution is -0.539. The summed E-state index contributed by atoms with van der Waals surface area (Å²) < 4.78 is 2.44. The van der Waals surface area contributed by atoms with Gasteiger partial charge >= 0.3 is 0 Å². The SMILES string of the molecule is CC(C)CCCCCCCCCCC1(O)C=CC2=[N+](CCCCCN=C(N)N)CCCN21. The molecule has 184 valence electrons. The molecule has 6 nitrogen and oxygen atoms in total. The fourth-order valence-electron chi connectivity index (χ4n) is 4.95. The third-order valence-corrected chi connectivity index (χ3v) is 6.83. The van der Waals surface area contributed by atoms with E-state index in [0.29, 0.717) is 6.54 Å². The van der Waals surface area contributed by atoms with Crippen molar-refractivity contribution >= 4 is 11.8 Å². The van der Waals surface area contributed by atoms with E-state index in [0.717, 1.165) is 64.1 Å². The lowest BCUT2D eigenvalue weighted by Crippen LogP contribution is -2.52. The number of fused-ring (bicyclic) bond motifs is 1. The summed E-state index contributed by atoms with van der Waals surface area (Å²) in [6, 6.07) is 0. The Balaban J connectivity index is 1.63. The van der Waals surface area contributed by atoms with E-state index in [1.165, 1.54) is 57.2 Å². The van der Waals surface area contributed by atoms with Crippen LogP contribution in [0.1, 0.15) is 104 Å². The number of nitrogens with zero attached hydrogens (tertiary/aromatic N) is 3. The predicted molar refractivity (Wildman–Crippen MR) is 136 cm³/mol. The summed E-state index contributed by atoms with van der Waals surface area (Å²) in [7, 11) is 0. The third-order valence-electron chi connectivity index (χ3n) is 6.83. The molecule has 2 aliphatic rings. The zero-order valence-electron chi connectivity index (χ0n) is 20.9. The maximum atomic E-state index is 11.3. The van der Waals surface area contributed by atoms with Gasteiger partial charge in [0.2, 0.25) is 5.72 Å². The van der Waals surface area contributed by atoms with E-state index in [9.17, 15) is 5.11 Å². The van der Waals surface area contributed by atoms with Crippen LogP contribution in [0.4, 0.5) is 0 Å². The van der Waals surface area contributed by atoms with Crippen molar-refractivity contribution in [3.05, 3.63) is 12.2 Å². The smallest absolute Gasteiger partial charge is 0.274 e. The molecule has 1 atom stereocenters. The van der Waals surface area contributed by atoms with Gasteiger partial charge in [-0.05, 0) is 37.7 Å². The maximum absolute atomic E-state index is 11.3. The minimum atomic E-state index is -0.780. The van der Waals surface area contributed by atoms with Crippen LogP contribution in [0.3, 0.4) is 0 Å². The largest absolute Gasteiger partial charge is 0.370 e. The van der Waals surface area contributed by atoms with E-state index in [-0.39, 0.29) is 5.96 Å². The van der Waals surface area contributed by atoms with Gasteiger partial charge in [0.15, 0.2) is 5.96 Å². The second-order valence-electron chi connectivity index (χ2n) is 10.2. The zero-order chi connectivity index (χ0) is 23.2. The minimum Gasteiger partial charge on any atom is -0.370 e. The van der Waals surface area contributed by atoms with Crippen LogP contribution in [-0.4, -0.2) is 58.3 Å². The molecule has 6 heteroatoms. The van der Waals surface area contributed by atoms with Crippen LogP contribution < -0.4 is 11.5 Å². The molecule has 2 heterocycles. The highest BCUT2D eigenvalue weighted by Gasteiger charge is 2.46. The van der Waals surface area contributed by atoms with E-state index in [1.54, 1.807) is 0 Å². The normalized spacial score (nSPS) is 20.3. The number of guanidine groups is 1. The standard InChI is InChI=1S/C26H50N5O/c1-23(2)15-10-7-5-3-4-6-8-11-17-26(32)18-16-24-30(21-14-22-31(24)26)20-13-9-12-19-29-25(27)28/h16,18,23,32H,3-15,17,19-22H2,1-2H3,(H4,27,28,29)/q+1. The van der Waals surface area contributed by atoms with Gasteiger partial charge in [-0.2, -0.15) is 0 Å². The molecule has 0 saturated heterocycles. The molecule has 0 aromatic heterocycles. The molecule has 2 rings (SSSR count). The van der Waals surface area contributed by atoms with Crippen LogP contribution in [0, 0.1) is 5.92 Å². The number of aliphatic hydroxyl groups is 1. The van der Waals surface area contributed by atoms with E-state index < -0.39 is 5.72 Å². The van der Waals surface area contributed by atoms with Gasteiger partial charge in [0, 0.05) is 25.5 Å². The maximum Gasteiger partial charge on any atom is 0.274 e. The van der Waals surface area contributed by atoms with Crippen LogP contribution in [0.25, 0.3) is 0 Å². The number of unbranched alkanes of at least 4 members (excludes halogenated alkanes) is 9. The Morgan fingerprint density at radius 1 is 1.03 bits per heavy atom. The molecule has 5 N–H and O–H groups in total. The second-order valence-corrected chi connectivity index (χ2v) is 10.2. The molecular weight excluding hydrogens is 398 g/mol. The molecule has 0 radical (unpaired) electrons. The Hall–Kier alpha value is -1.56. The molecule has 0 bridgehead atoms. The summed E-state index contributed by atoms with van der Waals surface area (Å²) in [5.41, 5.74) is 9.97. The fourth-order valence-corrected chi connectivity index (χ4v) is 4.95. The number of aliphatic imine (C=N–C) groups is 1. The lowest BCUT2D eigenvalue weighted by Gasteiger charge is -2.32. The fraction of sp³-hybridized carbons (Fsp3) is 0.846. The quantitative estimate of drug-likeness (QED) is 0.133. The van der Waals surface area contributed by atoms with Gasteiger partial charge < -0.3 is 16.6 Å². The Labute approximate surface area is 196 Å². The van der Waals surface area contributed by atoms with Crippen LogP contribution in [0.15, 0.2) is 17.1 Å². The first kappa shape index (κ1) is 26.7. The van der Waals surface area contributed by atoms with Gasteiger partial charge in [0.1, 0.15) is 0 Å². The van der Waals surface area contributed by atoms with Crippen molar-refractivity contribution in [3.8, 4) is 0 Å². The van der Waals surface area contributed by atoms with Gasteiger partial charge in [-0.15, -0.1) is 0 Å². The summed E-state index contributed by atoms with van der Waals surface area (Å²) in [5.74, 6) is 2.24. The monoisotopic (exact) mass is 448 g/mol. The Bertz CT molecular complexity index is 624. The van der Waals surface area contributed by atoms with Crippen molar-refractivity contribution in [1.29, 1.82) is 0 Å². The topological polar surface area (TPSA) is 90.9 Å². The number of nitrogens with two attached hydrogens (primary N) is 2. The third kappa shape index (κ3) is 9.51. The zero-order valence-corrected chi connectivity index (χ0v) is 20.9. The number of hydrogen-bond acceptors (Lipinski definition) is 3. The first-order chi connectivity index (χ1) is 15.4. The average molecular weight is 449 g/mol. The van der Waals surface area contributed by atoms with Crippen molar-refractivity contribution < 1.29 is 9.68 Å². The van der Waals surface area contributed by atoms with Crippen molar-refractivity contribution in [3.63, 3.8) is 0 Å². The van der Waals surface area contributed by atoms with Gasteiger partial charge in [0.05, 0.1) is 19.6 Å². The van der Waals surface area contributed by atoms with Crippen molar-refractivity contribution in [2.24, 2.45) is 22.4 Å². The molecular formula is C26H50N5O+. The molecule has 32 heavy (non-hydrogen) atoms. The van der Waals surface area contributed by atoms with Gasteiger partial charge in [-0.1, -0.05) is 65.2 Å². The van der Waals surface area contributed by atoms with E-state index in [1.807, 2.05) is 6.08 Å². The first-order valence-corrected chi connectivity index (χ1v) is 13.3. The van der Waals surface area contributed by atoms with E-state index in [2.05, 4.69) is 34.4 Å². The van der Waals surface area contributed by atoms with E-state index in [4.69, 9.17) is 11.5 Å². The van der Waals surface area contributed by atoms with Crippen LogP contribution in [0.5, 0.6) is 0 Å². The summed E-state index contributed by atoms with van der Waals surface area (Å²) in [5, 5.41) is 11.3. The summed E-state index contributed by atoms with van der Waals surface area (Å²) in [6.45, 7) is 8.41. The molecule has 0 aliphatic carbocycles. The molecule has 0 amide bonds. The van der Waals surface area contributed by atoms with Crippen molar-refractivity contribution in [1.82, 2.24) is 4.90 Å². The Morgan fingerprint density at radius 2 is 1.69 bits per heavy atom. The molecule has 0 fully saturated rings. The van der Waals surface area contributed by atoms with Crippen molar-refractivity contribution in [2.45, 2.75) is 109 Å². The van der Waals surface area contributed by atoms with Crippen molar-refractivity contribution in [2.75, 3.05) is 26.2 Å². The average Bonchev–Trinajstić information content (AvgIpc) is 3.09. The van der Waals surface area contributed by atoms with Gasteiger partial charge in [-0.25, -0.2) is 4.90 Å². The lowest BCUT2D eigenvalue weighted by atomic mass is 10.0. The van der Waals surface area contributed by atoms with Gasteiger partial charge in [-0.3, -0.25) is 9.57 Å². The van der Waals surface area contributed by atoms with Gasteiger partial charge in [0.25, 0.3) is 5.84 Å². The van der Waals surface area contributed by atoms with Crippen LogP contribution in [-0.2, 0) is 0 Å². The predicted octanol–water partition coefficient (Wildman–Crippen LogP) is 4.36. The minimum absolute atomic E-state index is 0.180. The molecule has 0 spiro atoms. The van der Waals surface area contributed by atoms with E-state index >= 15 is 0 Å². The molecule has 0 aromatic rings. The summed E-state index contributed by atoms with van der Waals surface area (Å²) >= 11 is 0. The Morgan fingerprint density at radius 3 is 2.38 bits per heavy atom. The summed E-state index contributed by atoms with van der Waals surface area (Å²) in [6.07, 6.45) is 21.3. The number of amidine groups is 1. The number of hydrogen-bond donors (Lipinski definition) is 3. The highest BCUT2D eigenvalue weighted by Crippen LogP contribution is 2.30. The molecule has 2 aliphatic heterocycles. The second kappa shape index (κ2) is 14.6. The molecule has 1 unspecified atom stereocenters. The highest BCUT2D eigenvalue weighted by molar-refractivity contribution is 5.92. The summed E-state index contributed by atoms with van der Waals surface area (Å²) in [4.78, 5) is 6.29. The molecule has 0 aromatic carbocycles.